The number of allylic oxidation sites excluding steroid dienone is 2. The number of ether oxygens (including phenoxy) is 3. The number of carbonyl (C=O) groups excluding carboxylic acids is 2. The van der Waals surface area contributed by atoms with Gasteiger partial charge in [0.2, 0.25) is 0 Å². The molecule has 1 fully saturated rings. The van der Waals surface area contributed by atoms with E-state index in [1.54, 1.807) is 18.2 Å². The highest BCUT2D eigenvalue weighted by Crippen LogP contribution is 2.42. The summed E-state index contributed by atoms with van der Waals surface area (Å²) >= 11 is 0. The zero-order chi connectivity index (χ0) is 23.9. The van der Waals surface area contributed by atoms with Crippen LogP contribution in [0.3, 0.4) is 0 Å². The van der Waals surface area contributed by atoms with Crippen molar-refractivity contribution < 1.29 is 34.0 Å². The van der Waals surface area contributed by atoms with E-state index in [0.29, 0.717) is 12.3 Å². The first-order valence-electron chi connectivity index (χ1n) is 11.4. The predicted molar refractivity (Wildman–Crippen MR) is 121 cm³/mol. The van der Waals surface area contributed by atoms with Gasteiger partial charge in [-0.1, -0.05) is 31.6 Å². The van der Waals surface area contributed by atoms with E-state index in [2.05, 4.69) is 20.8 Å². The fourth-order valence-electron chi connectivity index (χ4n) is 4.39. The molecule has 2 N–H and O–H groups in total. The van der Waals surface area contributed by atoms with Gasteiger partial charge in [-0.3, -0.25) is 0 Å². The minimum atomic E-state index is -0.650. The van der Waals surface area contributed by atoms with Gasteiger partial charge in [0.05, 0.1) is 11.7 Å². The second-order valence-corrected chi connectivity index (χ2v) is 9.46. The van der Waals surface area contributed by atoms with E-state index in [1.807, 2.05) is 13.8 Å². The Balaban J connectivity index is 1.95. The summed E-state index contributed by atoms with van der Waals surface area (Å²) in [4.78, 5) is 24.2. The van der Waals surface area contributed by atoms with Crippen molar-refractivity contribution in [3.8, 4) is 0 Å². The van der Waals surface area contributed by atoms with Crippen molar-refractivity contribution in [3.05, 3.63) is 36.0 Å². The highest BCUT2D eigenvalue weighted by atomic mass is 16.6. The third kappa shape index (κ3) is 7.87. The van der Waals surface area contributed by atoms with Crippen LogP contribution < -0.4 is 0 Å². The molecule has 2 aliphatic rings. The Hall–Kier alpha value is -1.96. The number of rotatable bonds is 12. The molecule has 0 radical (unpaired) electrons. The van der Waals surface area contributed by atoms with Crippen LogP contribution in [0.25, 0.3) is 0 Å². The SMILES string of the molecule is CC(/C=C/C(=O)O[C@@H]1C=CC(=O)O[C@@H]1[C@@H](C)C[C@@H](C)C[C@@]1(C)O[C@H]1C)=C\[C@@H](CO)CCO. The van der Waals surface area contributed by atoms with Crippen LogP contribution in [0.15, 0.2) is 36.0 Å². The Morgan fingerprint density at radius 1 is 1.31 bits per heavy atom. The molecule has 2 rings (SSSR count). The predicted octanol–water partition coefficient (Wildman–Crippen LogP) is 3.10. The van der Waals surface area contributed by atoms with Crippen molar-refractivity contribution in [2.75, 3.05) is 13.2 Å². The molecule has 1 saturated heterocycles. The first kappa shape index (κ1) is 26.3. The van der Waals surface area contributed by atoms with Crippen LogP contribution in [-0.4, -0.2) is 59.3 Å². The van der Waals surface area contributed by atoms with E-state index in [9.17, 15) is 14.7 Å². The lowest BCUT2D eigenvalue weighted by Gasteiger charge is -2.32. The molecule has 7 atom stereocenters. The monoisotopic (exact) mass is 450 g/mol. The van der Waals surface area contributed by atoms with Crippen LogP contribution in [0.5, 0.6) is 0 Å². The van der Waals surface area contributed by atoms with Crippen molar-refractivity contribution >= 4 is 11.9 Å². The van der Waals surface area contributed by atoms with Crippen LogP contribution in [-0.2, 0) is 23.8 Å². The first-order chi connectivity index (χ1) is 15.1. The Labute approximate surface area is 191 Å². The maximum absolute atomic E-state index is 12.4. The van der Waals surface area contributed by atoms with Gasteiger partial charge >= 0.3 is 11.9 Å². The third-order valence-corrected chi connectivity index (χ3v) is 6.30. The summed E-state index contributed by atoms with van der Waals surface area (Å²) in [6.45, 7) is 10.1. The standard InChI is InChI=1S/C25H38O7/c1-16(13-20(15-27)10-11-26)6-8-22(28)30-21-7-9-23(29)31-24(21)18(3)12-17(2)14-25(5)19(4)32-25/h6-9,13,17-21,24,26-27H,10-12,14-15H2,1-5H3/b8-6+,16-13+/t17-,18+,19+,20+,21-,24-,25-/m1/s1. The van der Waals surface area contributed by atoms with Crippen molar-refractivity contribution in [3.63, 3.8) is 0 Å². The quantitative estimate of drug-likeness (QED) is 0.204. The Morgan fingerprint density at radius 3 is 2.59 bits per heavy atom. The summed E-state index contributed by atoms with van der Waals surface area (Å²) in [5.41, 5.74) is 0.708. The number of esters is 2. The topological polar surface area (TPSA) is 106 Å². The second-order valence-electron chi connectivity index (χ2n) is 9.46. The molecule has 0 amide bonds. The van der Waals surface area contributed by atoms with Gasteiger partial charge in [-0.2, -0.15) is 0 Å². The summed E-state index contributed by atoms with van der Waals surface area (Å²) in [7, 11) is 0. The number of carbonyl (C=O) groups is 2. The smallest absolute Gasteiger partial charge is 0.331 e. The molecule has 32 heavy (non-hydrogen) atoms. The normalized spacial score (nSPS) is 30.7. The van der Waals surface area contributed by atoms with Crippen molar-refractivity contribution in [2.24, 2.45) is 17.8 Å². The zero-order valence-corrected chi connectivity index (χ0v) is 19.8. The van der Waals surface area contributed by atoms with E-state index in [0.717, 1.165) is 18.4 Å². The lowest BCUT2D eigenvalue weighted by atomic mass is 9.84. The number of hydrogen-bond acceptors (Lipinski definition) is 7. The molecule has 0 aromatic heterocycles. The summed E-state index contributed by atoms with van der Waals surface area (Å²) < 4.78 is 16.8. The average Bonchev–Trinajstić information content (AvgIpc) is 3.31. The molecule has 0 unspecified atom stereocenters. The molecule has 180 valence electrons. The molecule has 0 saturated carbocycles. The molecule has 0 spiro atoms. The van der Waals surface area contributed by atoms with Crippen molar-refractivity contribution in [1.29, 1.82) is 0 Å². The van der Waals surface area contributed by atoms with E-state index in [1.165, 1.54) is 12.2 Å². The highest BCUT2D eigenvalue weighted by Gasteiger charge is 2.49. The van der Waals surface area contributed by atoms with Crippen molar-refractivity contribution in [1.82, 2.24) is 0 Å². The summed E-state index contributed by atoms with van der Waals surface area (Å²) in [5.74, 6) is -0.761. The van der Waals surface area contributed by atoms with Gasteiger partial charge in [0.25, 0.3) is 0 Å². The Morgan fingerprint density at radius 2 is 2.00 bits per heavy atom. The average molecular weight is 451 g/mol. The largest absolute Gasteiger partial charge is 0.455 e. The van der Waals surface area contributed by atoms with Gasteiger partial charge in [-0.25, -0.2) is 9.59 Å². The maximum atomic E-state index is 12.4. The number of aliphatic hydroxyl groups is 2. The summed E-state index contributed by atoms with van der Waals surface area (Å²) in [5, 5.41) is 18.3. The first-order valence-corrected chi connectivity index (χ1v) is 11.4. The zero-order valence-electron chi connectivity index (χ0n) is 19.8. The molecule has 0 aromatic carbocycles. The van der Waals surface area contributed by atoms with Gasteiger partial charge in [0, 0.05) is 31.3 Å². The summed E-state index contributed by atoms with van der Waals surface area (Å²) in [6, 6.07) is 0. The molecule has 2 aliphatic heterocycles. The molecule has 7 nitrogen and oxygen atoms in total. The van der Waals surface area contributed by atoms with Gasteiger partial charge in [-0.15, -0.1) is 0 Å². The summed E-state index contributed by atoms with van der Waals surface area (Å²) in [6.07, 6.45) is 8.88. The molecule has 0 aromatic rings. The fourth-order valence-corrected chi connectivity index (χ4v) is 4.39. The lowest BCUT2D eigenvalue weighted by molar-refractivity contribution is -0.164. The third-order valence-electron chi connectivity index (χ3n) is 6.30. The van der Waals surface area contributed by atoms with E-state index in [4.69, 9.17) is 19.3 Å². The maximum Gasteiger partial charge on any atom is 0.331 e. The van der Waals surface area contributed by atoms with Crippen molar-refractivity contribution in [2.45, 2.75) is 77.8 Å². The van der Waals surface area contributed by atoms with Crippen LogP contribution in [0.2, 0.25) is 0 Å². The number of epoxide rings is 1. The van der Waals surface area contributed by atoms with Gasteiger partial charge in [-0.05, 0) is 57.9 Å². The van der Waals surface area contributed by atoms with Gasteiger partial charge in [0.1, 0.15) is 6.10 Å². The van der Waals surface area contributed by atoms with Crippen LogP contribution in [0.4, 0.5) is 0 Å². The highest BCUT2D eigenvalue weighted by molar-refractivity contribution is 5.85. The minimum absolute atomic E-state index is 0.00348. The molecular weight excluding hydrogens is 412 g/mol. The lowest BCUT2D eigenvalue weighted by Crippen LogP contribution is -2.41. The molecule has 2 heterocycles. The Bertz CT molecular complexity index is 741. The van der Waals surface area contributed by atoms with E-state index < -0.39 is 24.1 Å². The fraction of sp³-hybridized carbons (Fsp3) is 0.680. The van der Waals surface area contributed by atoms with Crippen LogP contribution in [0, 0.1) is 17.8 Å². The molecular formula is C25H38O7. The Kier molecular flexibility index (Phi) is 9.67. The molecule has 0 aliphatic carbocycles. The molecule has 7 heteroatoms. The number of cyclic esters (lactones) is 1. The van der Waals surface area contributed by atoms with Gasteiger partial charge < -0.3 is 24.4 Å². The van der Waals surface area contributed by atoms with Crippen LogP contribution in [0.1, 0.15) is 53.9 Å². The molecule has 0 bridgehead atoms. The van der Waals surface area contributed by atoms with E-state index >= 15 is 0 Å². The van der Waals surface area contributed by atoms with Gasteiger partial charge in [0.15, 0.2) is 6.10 Å². The van der Waals surface area contributed by atoms with Crippen LogP contribution >= 0.6 is 0 Å². The number of hydrogen-bond donors (Lipinski definition) is 2. The minimum Gasteiger partial charge on any atom is -0.455 e. The van der Waals surface area contributed by atoms with E-state index in [-0.39, 0.29) is 36.8 Å². The number of aliphatic hydroxyl groups excluding tert-OH is 2. The second kappa shape index (κ2) is 11.8.